The predicted molar refractivity (Wildman–Crippen MR) is 91.0 cm³/mol. The fourth-order valence-electron chi connectivity index (χ4n) is 2.06. The first-order chi connectivity index (χ1) is 11.6. The van der Waals surface area contributed by atoms with Crippen molar-refractivity contribution in [3.8, 4) is 5.75 Å². The quantitative estimate of drug-likeness (QED) is 0.816. The number of methoxy groups -OCH3 is 1. The van der Waals surface area contributed by atoms with Gasteiger partial charge in [0.1, 0.15) is 5.75 Å². The summed E-state index contributed by atoms with van der Waals surface area (Å²) in [7, 11) is 1.60. The summed E-state index contributed by atoms with van der Waals surface area (Å²) in [4.78, 5) is 28.1. The lowest BCUT2D eigenvalue weighted by Gasteiger charge is -2.08. The van der Waals surface area contributed by atoms with Crippen molar-refractivity contribution in [3.63, 3.8) is 0 Å². The number of rotatable bonds is 7. The van der Waals surface area contributed by atoms with Gasteiger partial charge in [0.25, 0.3) is 11.8 Å². The maximum Gasteiger partial charge on any atom is 0.253 e. The molecule has 0 aliphatic carbocycles. The summed E-state index contributed by atoms with van der Waals surface area (Å²) in [5.41, 5.74) is 1.68. The standard InChI is InChI=1S/C18H21N3O3/c1-3-8-20-17(22)14-9-15(12-19-11-14)18(23)21-10-13-4-6-16(24-2)7-5-13/h4-7,9,11-12H,3,8,10H2,1-2H3,(H,20,22)(H,21,23). The Morgan fingerprint density at radius 3 is 2.25 bits per heavy atom. The van der Waals surface area contributed by atoms with Crippen LogP contribution in [0.4, 0.5) is 0 Å². The highest BCUT2D eigenvalue weighted by molar-refractivity contribution is 5.99. The number of nitrogens with one attached hydrogen (secondary N) is 2. The molecule has 2 amide bonds. The number of hydrogen-bond acceptors (Lipinski definition) is 4. The van der Waals surface area contributed by atoms with Crippen molar-refractivity contribution in [1.29, 1.82) is 0 Å². The minimum absolute atomic E-state index is 0.228. The highest BCUT2D eigenvalue weighted by Crippen LogP contribution is 2.11. The van der Waals surface area contributed by atoms with Gasteiger partial charge in [-0.15, -0.1) is 0 Å². The molecule has 1 aromatic carbocycles. The number of hydrogen-bond donors (Lipinski definition) is 2. The number of pyridine rings is 1. The fourth-order valence-corrected chi connectivity index (χ4v) is 2.06. The molecular weight excluding hydrogens is 306 g/mol. The molecule has 0 saturated carbocycles. The molecule has 0 atom stereocenters. The van der Waals surface area contributed by atoms with Crippen LogP contribution < -0.4 is 15.4 Å². The highest BCUT2D eigenvalue weighted by atomic mass is 16.5. The third-order valence-electron chi connectivity index (χ3n) is 3.41. The zero-order valence-corrected chi connectivity index (χ0v) is 13.8. The van der Waals surface area contributed by atoms with Crippen molar-refractivity contribution in [3.05, 3.63) is 59.4 Å². The molecule has 0 fully saturated rings. The molecule has 1 aromatic heterocycles. The van der Waals surface area contributed by atoms with Crippen LogP contribution in [0.25, 0.3) is 0 Å². The largest absolute Gasteiger partial charge is 0.497 e. The predicted octanol–water partition coefficient (Wildman–Crippen LogP) is 2.16. The number of nitrogens with zero attached hydrogens (tertiary/aromatic N) is 1. The molecule has 24 heavy (non-hydrogen) atoms. The maximum atomic E-state index is 12.2. The molecule has 0 aliphatic heterocycles. The van der Waals surface area contributed by atoms with Gasteiger partial charge in [-0.1, -0.05) is 19.1 Å². The number of carbonyl (C=O) groups excluding carboxylic acids is 2. The summed E-state index contributed by atoms with van der Waals surface area (Å²) in [5.74, 6) is 0.262. The molecule has 0 radical (unpaired) electrons. The second kappa shape index (κ2) is 8.67. The smallest absolute Gasteiger partial charge is 0.253 e. The van der Waals surface area contributed by atoms with Crippen LogP contribution in [0.15, 0.2) is 42.7 Å². The SMILES string of the molecule is CCCNC(=O)c1cncc(C(=O)NCc2ccc(OC)cc2)c1. The molecule has 0 unspecified atom stereocenters. The Balaban J connectivity index is 1.97. The van der Waals surface area contributed by atoms with Crippen LogP contribution in [0.3, 0.4) is 0 Å². The van der Waals surface area contributed by atoms with Gasteiger partial charge < -0.3 is 15.4 Å². The summed E-state index contributed by atoms with van der Waals surface area (Å²) in [5, 5.41) is 5.57. The highest BCUT2D eigenvalue weighted by Gasteiger charge is 2.11. The molecule has 2 rings (SSSR count). The van der Waals surface area contributed by atoms with Crippen molar-refractivity contribution in [2.75, 3.05) is 13.7 Å². The van der Waals surface area contributed by atoms with E-state index in [1.807, 2.05) is 31.2 Å². The maximum absolute atomic E-state index is 12.2. The molecule has 2 aromatic rings. The van der Waals surface area contributed by atoms with Crippen molar-refractivity contribution < 1.29 is 14.3 Å². The molecule has 0 spiro atoms. The zero-order valence-electron chi connectivity index (χ0n) is 13.8. The summed E-state index contributed by atoms with van der Waals surface area (Å²) in [6.45, 7) is 2.95. The van der Waals surface area contributed by atoms with Gasteiger partial charge in [0.15, 0.2) is 0 Å². The minimum Gasteiger partial charge on any atom is -0.497 e. The Kier molecular flexibility index (Phi) is 6.31. The van der Waals surface area contributed by atoms with Crippen molar-refractivity contribution in [2.45, 2.75) is 19.9 Å². The van der Waals surface area contributed by atoms with Crippen LogP contribution in [0, 0.1) is 0 Å². The van der Waals surface area contributed by atoms with Crippen LogP contribution in [-0.2, 0) is 6.54 Å². The van der Waals surface area contributed by atoms with E-state index in [1.165, 1.54) is 12.4 Å². The second-order valence-electron chi connectivity index (χ2n) is 5.25. The molecule has 6 heteroatoms. The molecular formula is C18H21N3O3. The van der Waals surface area contributed by atoms with E-state index >= 15 is 0 Å². The van der Waals surface area contributed by atoms with Gasteiger partial charge in [0, 0.05) is 25.5 Å². The first-order valence-corrected chi connectivity index (χ1v) is 7.78. The van der Waals surface area contributed by atoms with Gasteiger partial charge in [0.2, 0.25) is 0 Å². The summed E-state index contributed by atoms with van der Waals surface area (Å²) >= 11 is 0. The molecule has 0 bridgehead atoms. The van der Waals surface area contributed by atoms with Crippen LogP contribution in [-0.4, -0.2) is 30.5 Å². The van der Waals surface area contributed by atoms with E-state index in [4.69, 9.17) is 4.74 Å². The monoisotopic (exact) mass is 327 g/mol. The zero-order chi connectivity index (χ0) is 17.4. The van der Waals surface area contributed by atoms with E-state index in [1.54, 1.807) is 13.2 Å². The van der Waals surface area contributed by atoms with Crippen LogP contribution in [0.5, 0.6) is 5.75 Å². The Labute approximate surface area is 141 Å². The van der Waals surface area contributed by atoms with Crippen LogP contribution >= 0.6 is 0 Å². The number of amides is 2. The third kappa shape index (κ3) is 4.81. The minimum atomic E-state index is -0.275. The summed E-state index contributed by atoms with van der Waals surface area (Å²) in [6.07, 6.45) is 3.74. The number of benzene rings is 1. The average Bonchev–Trinajstić information content (AvgIpc) is 2.64. The lowest BCUT2D eigenvalue weighted by atomic mass is 10.1. The van der Waals surface area contributed by atoms with E-state index in [2.05, 4.69) is 15.6 Å². The van der Waals surface area contributed by atoms with E-state index < -0.39 is 0 Å². The molecule has 0 saturated heterocycles. The first-order valence-electron chi connectivity index (χ1n) is 7.78. The van der Waals surface area contributed by atoms with E-state index in [0.717, 1.165) is 17.7 Å². The van der Waals surface area contributed by atoms with Crippen molar-refractivity contribution in [2.24, 2.45) is 0 Å². The lowest BCUT2D eigenvalue weighted by Crippen LogP contribution is -2.26. The molecule has 0 aliphatic rings. The van der Waals surface area contributed by atoms with Gasteiger partial charge in [-0.2, -0.15) is 0 Å². The molecule has 6 nitrogen and oxygen atoms in total. The molecule has 126 valence electrons. The lowest BCUT2D eigenvalue weighted by molar-refractivity contribution is 0.0950. The fraction of sp³-hybridized carbons (Fsp3) is 0.278. The topological polar surface area (TPSA) is 80.3 Å². The first kappa shape index (κ1) is 17.5. The average molecular weight is 327 g/mol. The normalized spacial score (nSPS) is 10.1. The van der Waals surface area contributed by atoms with E-state index in [0.29, 0.717) is 24.2 Å². The van der Waals surface area contributed by atoms with Crippen LogP contribution in [0.1, 0.15) is 39.6 Å². The second-order valence-corrected chi connectivity index (χ2v) is 5.25. The van der Waals surface area contributed by atoms with E-state index in [-0.39, 0.29) is 11.8 Å². The van der Waals surface area contributed by atoms with Gasteiger partial charge >= 0.3 is 0 Å². The van der Waals surface area contributed by atoms with Crippen molar-refractivity contribution >= 4 is 11.8 Å². The molecule has 1 heterocycles. The van der Waals surface area contributed by atoms with Crippen LogP contribution in [0.2, 0.25) is 0 Å². The number of aromatic nitrogens is 1. The Hall–Kier alpha value is -2.89. The Morgan fingerprint density at radius 1 is 1.04 bits per heavy atom. The van der Waals surface area contributed by atoms with Gasteiger partial charge in [-0.3, -0.25) is 14.6 Å². The summed E-state index contributed by atoms with van der Waals surface area (Å²) in [6, 6.07) is 8.97. The summed E-state index contributed by atoms with van der Waals surface area (Å²) < 4.78 is 5.09. The van der Waals surface area contributed by atoms with Gasteiger partial charge in [-0.05, 0) is 30.2 Å². The van der Waals surface area contributed by atoms with Gasteiger partial charge in [0.05, 0.1) is 18.2 Å². The van der Waals surface area contributed by atoms with Gasteiger partial charge in [-0.25, -0.2) is 0 Å². The number of ether oxygens (including phenoxy) is 1. The Bertz CT molecular complexity index is 699. The molecule has 2 N–H and O–H groups in total. The number of carbonyl (C=O) groups is 2. The third-order valence-corrected chi connectivity index (χ3v) is 3.41. The Morgan fingerprint density at radius 2 is 1.67 bits per heavy atom. The van der Waals surface area contributed by atoms with Crippen molar-refractivity contribution in [1.82, 2.24) is 15.6 Å². The van der Waals surface area contributed by atoms with E-state index in [9.17, 15) is 9.59 Å².